The maximum atomic E-state index is 12.9. The Hall–Kier alpha value is -4.26. The van der Waals surface area contributed by atoms with E-state index in [-0.39, 0.29) is 49.0 Å². The number of nitrogens with zero attached hydrogens (tertiary/aromatic N) is 4. The molecule has 0 atom stereocenters. The van der Waals surface area contributed by atoms with E-state index in [2.05, 4.69) is 14.7 Å². The zero-order valence-electron chi connectivity index (χ0n) is 22.9. The number of aliphatic imine (C=N–C) groups is 2. The molecule has 1 aromatic carbocycles. The van der Waals surface area contributed by atoms with Gasteiger partial charge in [0.2, 0.25) is 5.90 Å². The molecule has 13 heteroatoms. The third-order valence-corrected chi connectivity index (χ3v) is 5.39. The van der Waals surface area contributed by atoms with E-state index in [4.69, 9.17) is 15.3 Å². The molecule has 0 aliphatic carbocycles. The van der Waals surface area contributed by atoms with Crippen molar-refractivity contribution in [3.8, 4) is 11.5 Å². The summed E-state index contributed by atoms with van der Waals surface area (Å²) in [7, 11) is 1.42. The normalized spacial score (nSPS) is 12.8. The van der Waals surface area contributed by atoms with Crippen LogP contribution >= 0.6 is 0 Å². The predicted octanol–water partition coefficient (Wildman–Crippen LogP) is 4.60. The topological polar surface area (TPSA) is 131 Å². The maximum absolute atomic E-state index is 12.9. The number of nitrogens with one attached hydrogen (secondary N) is 1. The molecular formula is C27H32F3N5O5. The van der Waals surface area contributed by atoms with Crippen molar-refractivity contribution in [2.75, 3.05) is 6.61 Å². The summed E-state index contributed by atoms with van der Waals surface area (Å²) in [4.78, 5) is 34.4. The molecule has 0 radical (unpaired) electrons. The highest BCUT2D eigenvalue weighted by atomic mass is 19.4. The molecule has 0 saturated carbocycles. The fourth-order valence-electron chi connectivity index (χ4n) is 3.35. The highest BCUT2D eigenvalue weighted by Crippen LogP contribution is 2.27. The van der Waals surface area contributed by atoms with Gasteiger partial charge in [-0.25, -0.2) is 4.79 Å². The average molecular weight is 564 g/mol. The van der Waals surface area contributed by atoms with Gasteiger partial charge in [-0.2, -0.15) is 4.99 Å². The third-order valence-electron chi connectivity index (χ3n) is 5.39. The second-order valence-corrected chi connectivity index (χ2v) is 8.88. The van der Waals surface area contributed by atoms with Gasteiger partial charge in [0.1, 0.15) is 17.3 Å². The zero-order chi connectivity index (χ0) is 30.0. The van der Waals surface area contributed by atoms with Crippen LogP contribution in [-0.4, -0.2) is 45.0 Å². The van der Waals surface area contributed by atoms with Crippen LogP contribution < -0.4 is 20.7 Å². The first kappa shape index (κ1) is 32.0. The minimum atomic E-state index is -4.91. The Morgan fingerprint density at radius 1 is 1.18 bits per heavy atom. The summed E-state index contributed by atoms with van der Waals surface area (Å²) in [6.45, 7) is 6.52. The summed E-state index contributed by atoms with van der Waals surface area (Å²) in [6, 6.07) is 4.83. The number of benzene rings is 1. The molecule has 0 bridgehead atoms. The molecule has 10 nitrogen and oxygen atoms in total. The van der Waals surface area contributed by atoms with Crippen LogP contribution in [0.2, 0.25) is 0 Å². The minimum Gasteiger partial charge on any atom is -0.439 e. The molecule has 0 fully saturated rings. The number of halogens is 3. The van der Waals surface area contributed by atoms with Crippen LogP contribution in [0.15, 0.2) is 67.3 Å². The molecular weight excluding hydrogens is 531 g/mol. The molecule has 0 aliphatic heterocycles. The predicted molar refractivity (Wildman–Crippen MR) is 147 cm³/mol. The molecule has 2 N–H and O–H groups in total. The first-order chi connectivity index (χ1) is 18.8. The molecule has 1 aromatic heterocycles. The number of ether oxygens (including phenoxy) is 2. The zero-order valence-corrected chi connectivity index (χ0v) is 22.9. The Kier molecular flexibility index (Phi) is 11.4. The monoisotopic (exact) mass is 563 g/mol. The lowest BCUT2D eigenvalue weighted by Gasteiger charge is -2.15. The first-order valence-corrected chi connectivity index (χ1v) is 12.2. The van der Waals surface area contributed by atoms with Gasteiger partial charge in [-0.15, -0.1) is 13.2 Å². The number of allylic oxidation sites excluding steroid dienone is 2. The summed E-state index contributed by atoms with van der Waals surface area (Å²) >= 11 is 0. The lowest BCUT2D eigenvalue weighted by molar-refractivity contribution is -0.274. The van der Waals surface area contributed by atoms with Gasteiger partial charge in [-0.1, -0.05) is 12.1 Å². The Balaban J connectivity index is 2.66. The van der Waals surface area contributed by atoms with Gasteiger partial charge in [0.05, 0.1) is 5.56 Å². The first-order valence-electron chi connectivity index (χ1n) is 12.2. The summed E-state index contributed by atoms with van der Waals surface area (Å²) < 4.78 is 50.2. The van der Waals surface area contributed by atoms with Crippen molar-refractivity contribution < 1.29 is 27.8 Å². The molecule has 0 saturated heterocycles. The summed E-state index contributed by atoms with van der Waals surface area (Å²) in [5.74, 6) is -0.673. The van der Waals surface area contributed by atoms with Crippen molar-refractivity contribution in [3.63, 3.8) is 0 Å². The molecule has 0 amide bonds. The fourth-order valence-corrected chi connectivity index (χ4v) is 3.35. The molecule has 2 rings (SSSR count). The van der Waals surface area contributed by atoms with Gasteiger partial charge >= 0.3 is 12.1 Å². The number of aliphatic hydroxyl groups excluding tert-OH is 1. The number of hydrogen-bond acceptors (Lipinski definition) is 8. The molecule has 2 aromatic rings. The minimum absolute atomic E-state index is 0.0135. The fraction of sp³-hybridized carbons (Fsp3) is 0.370. The number of rotatable bonds is 11. The third kappa shape index (κ3) is 9.19. The molecule has 40 heavy (non-hydrogen) atoms. The quantitative estimate of drug-likeness (QED) is 0.305. The molecule has 0 spiro atoms. The Bertz CT molecular complexity index is 1430. The number of hydrogen-bond donors (Lipinski definition) is 2. The largest absolute Gasteiger partial charge is 0.573 e. The van der Waals surface area contributed by atoms with Gasteiger partial charge in [0.25, 0.3) is 5.56 Å². The van der Waals surface area contributed by atoms with Crippen LogP contribution in [0.4, 0.5) is 19.0 Å². The highest BCUT2D eigenvalue weighted by Gasteiger charge is 2.31. The summed E-state index contributed by atoms with van der Waals surface area (Å²) in [5.41, 5.74) is 0.608. The van der Waals surface area contributed by atoms with E-state index >= 15 is 0 Å². The van der Waals surface area contributed by atoms with Gasteiger partial charge in [0, 0.05) is 50.0 Å². The van der Waals surface area contributed by atoms with E-state index in [1.165, 1.54) is 32.3 Å². The van der Waals surface area contributed by atoms with Gasteiger partial charge < -0.3 is 20.0 Å². The van der Waals surface area contributed by atoms with Crippen LogP contribution in [0.1, 0.15) is 39.2 Å². The van der Waals surface area contributed by atoms with Crippen molar-refractivity contribution >= 4 is 23.6 Å². The maximum Gasteiger partial charge on any atom is 0.573 e. The lowest BCUT2D eigenvalue weighted by Crippen LogP contribution is -2.40. The second kappa shape index (κ2) is 14.2. The van der Waals surface area contributed by atoms with Crippen LogP contribution in [-0.2, 0) is 13.6 Å². The van der Waals surface area contributed by atoms with Crippen LogP contribution in [0, 0.1) is 12.3 Å². The van der Waals surface area contributed by atoms with Crippen LogP contribution in [0.3, 0.4) is 0 Å². The van der Waals surface area contributed by atoms with E-state index < -0.39 is 23.4 Å². The van der Waals surface area contributed by atoms with E-state index in [0.717, 1.165) is 33.2 Å². The van der Waals surface area contributed by atoms with Crippen molar-refractivity contribution in [2.45, 2.75) is 53.4 Å². The van der Waals surface area contributed by atoms with E-state index in [1.807, 2.05) is 0 Å². The lowest BCUT2D eigenvalue weighted by atomic mass is 10.1. The van der Waals surface area contributed by atoms with E-state index in [1.54, 1.807) is 26.8 Å². The van der Waals surface area contributed by atoms with Crippen molar-refractivity contribution in [2.24, 2.45) is 17.0 Å². The molecule has 1 heterocycles. The smallest absolute Gasteiger partial charge is 0.439 e. The van der Waals surface area contributed by atoms with Crippen LogP contribution in [0.5, 0.6) is 11.5 Å². The Morgan fingerprint density at radius 2 is 1.85 bits per heavy atom. The van der Waals surface area contributed by atoms with E-state index in [0.29, 0.717) is 11.1 Å². The Labute approximate surface area is 228 Å². The van der Waals surface area contributed by atoms with E-state index in [9.17, 15) is 22.8 Å². The number of aliphatic hydroxyl groups is 1. The number of alkyl halides is 3. The summed E-state index contributed by atoms with van der Waals surface area (Å²) in [6.07, 6.45) is -0.133. The van der Waals surface area contributed by atoms with Crippen molar-refractivity contribution in [3.05, 3.63) is 74.1 Å². The molecule has 0 aliphatic rings. The second-order valence-electron chi connectivity index (χ2n) is 8.88. The van der Waals surface area contributed by atoms with Crippen molar-refractivity contribution in [1.82, 2.24) is 9.13 Å². The average Bonchev–Trinajstić information content (AvgIpc) is 2.88. The standard InChI is InChI=1S/C27H32F3N5O5/c1-17(2)32-16-20(15-31)11-10-18(3)24(39-21-8-6-9-22(14-21)40-27(28,29)30)33-23-19(4)25(37)35(12-7-13-36)26(38)34(23)5/h6,8-10,14-16,31,36H,7,11-13H2,1-5H3/b18-10-,20-16-,31-15?,33-24?. The number of aromatic nitrogens is 2. The Morgan fingerprint density at radius 3 is 2.45 bits per heavy atom. The SMILES string of the molecule is CC(C)=N/C=C(\C=N)C/C=C(/C)C(=Nc1c(C)c(=O)n(CCCO)c(=O)n1C)Oc1cccc(OC(F)(F)F)c1. The van der Waals surface area contributed by atoms with Gasteiger partial charge in [0.15, 0.2) is 0 Å². The molecule has 0 unspecified atom stereocenters. The summed E-state index contributed by atoms with van der Waals surface area (Å²) in [5, 5.41) is 16.7. The molecule has 216 valence electrons. The highest BCUT2D eigenvalue weighted by molar-refractivity contribution is 5.96. The van der Waals surface area contributed by atoms with Crippen LogP contribution in [0.25, 0.3) is 0 Å². The van der Waals surface area contributed by atoms with Gasteiger partial charge in [-0.05, 0) is 58.2 Å². The van der Waals surface area contributed by atoms with Crippen molar-refractivity contribution in [1.29, 1.82) is 5.41 Å². The van der Waals surface area contributed by atoms with Gasteiger partial charge in [-0.3, -0.25) is 18.9 Å².